The van der Waals surface area contributed by atoms with Crippen LogP contribution in [-0.2, 0) is 16.1 Å². The highest BCUT2D eigenvalue weighted by Crippen LogP contribution is 2.15. The summed E-state index contributed by atoms with van der Waals surface area (Å²) in [5.41, 5.74) is 2.14. The van der Waals surface area contributed by atoms with E-state index in [4.69, 9.17) is 4.74 Å². The maximum absolute atomic E-state index is 11.4. The van der Waals surface area contributed by atoms with Crippen molar-refractivity contribution in [3.8, 4) is 0 Å². The van der Waals surface area contributed by atoms with Crippen molar-refractivity contribution >= 4 is 16.9 Å². The molecule has 0 aliphatic carbocycles. The second-order valence-corrected chi connectivity index (χ2v) is 4.78. The van der Waals surface area contributed by atoms with Gasteiger partial charge in [-0.2, -0.15) is 0 Å². The lowest BCUT2D eigenvalue weighted by Crippen LogP contribution is -2.28. The van der Waals surface area contributed by atoms with Crippen LogP contribution in [0.15, 0.2) is 36.5 Å². The molecule has 20 heavy (non-hydrogen) atoms. The smallest absolute Gasteiger partial charge is 0.307 e. The molecular weight excluding hydrogens is 252 g/mol. The Bertz CT molecular complexity index is 578. The molecule has 1 aromatic heterocycles. The first-order valence-corrected chi connectivity index (χ1v) is 6.92. The third kappa shape index (κ3) is 3.78. The Morgan fingerprint density at radius 3 is 2.95 bits per heavy atom. The summed E-state index contributed by atoms with van der Waals surface area (Å²) in [5.74, 6) is -0.163. The third-order valence-corrected chi connectivity index (χ3v) is 3.14. The lowest BCUT2D eigenvalue weighted by Gasteiger charge is -2.13. The Morgan fingerprint density at radius 2 is 2.15 bits per heavy atom. The number of pyridine rings is 1. The maximum Gasteiger partial charge on any atom is 0.307 e. The van der Waals surface area contributed by atoms with E-state index >= 15 is 0 Å². The lowest BCUT2D eigenvalue weighted by atomic mass is 10.1. The first-order chi connectivity index (χ1) is 9.70. The minimum Gasteiger partial charge on any atom is -0.466 e. The van der Waals surface area contributed by atoms with Gasteiger partial charge < -0.3 is 10.1 Å². The number of benzene rings is 1. The average molecular weight is 272 g/mol. The van der Waals surface area contributed by atoms with E-state index < -0.39 is 0 Å². The normalized spacial score (nSPS) is 12.3. The predicted octanol–water partition coefficient (Wildman–Crippen LogP) is 2.67. The number of aromatic nitrogens is 1. The Labute approximate surface area is 119 Å². The fourth-order valence-corrected chi connectivity index (χ4v) is 2.14. The molecule has 0 fully saturated rings. The van der Waals surface area contributed by atoms with E-state index in [1.54, 1.807) is 6.20 Å². The SMILES string of the molecule is CCOC(=O)CC(C)NCc1cccc2cccnc12. The number of nitrogens with zero attached hydrogens (tertiary/aromatic N) is 1. The number of fused-ring (bicyclic) bond motifs is 1. The molecule has 0 radical (unpaired) electrons. The quantitative estimate of drug-likeness (QED) is 0.821. The van der Waals surface area contributed by atoms with E-state index in [0.29, 0.717) is 19.6 Å². The summed E-state index contributed by atoms with van der Waals surface area (Å²) in [7, 11) is 0. The molecule has 0 spiro atoms. The highest BCUT2D eigenvalue weighted by molar-refractivity contribution is 5.81. The summed E-state index contributed by atoms with van der Waals surface area (Å²) in [6.45, 7) is 4.92. The fraction of sp³-hybridized carbons (Fsp3) is 0.375. The molecule has 1 heterocycles. The fourth-order valence-electron chi connectivity index (χ4n) is 2.14. The monoisotopic (exact) mass is 272 g/mol. The van der Waals surface area contributed by atoms with Crippen molar-refractivity contribution in [1.82, 2.24) is 10.3 Å². The molecule has 0 saturated carbocycles. The standard InChI is InChI=1S/C16H20N2O2/c1-3-20-15(19)10-12(2)18-11-14-7-4-6-13-8-5-9-17-16(13)14/h4-9,12,18H,3,10-11H2,1-2H3. The number of rotatable bonds is 6. The molecule has 0 saturated heterocycles. The van der Waals surface area contributed by atoms with Crippen molar-refractivity contribution in [3.63, 3.8) is 0 Å². The zero-order valence-corrected chi connectivity index (χ0v) is 11.9. The molecule has 2 aromatic rings. The number of carbonyl (C=O) groups is 1. The molecule has 0 bridgehead atoms. The number of nitrogens with one attached hydrogen (secondary N) is 1. The van der Waals surface area contributed by atoms with Crippen molar-refractivity contribution in [2.45, 2.75) is 32.9 Å². The molecule has 0 aliphatic rings. The number of carbonyl (C=O) groups excluding carboxylic acids is 1. The number of para-hydroxylation sites is 1. The van der Waals surface area contributed by atoms with Gasteiger partial charge in [-0.15, -0.1) is 0 Å². The average Bonchev–Trinajstić information content (AvgIpc) is 2.45. The van der Waals surface area contributed by atoms with Crippen LogP contribution in [0.1, 0.15) is 25.8 Å². The first kappa shape index (κ1) is 14.5. The maximum atomic E-state index is 11.4. The Balaban J connectivity index is 1.97. The van der Waals surface area contributed by atoms with Gasteiger partial charge in [0.15, 0.2) is 0 Å². The highest BCUT2D eigenvalue weighted by atomic mass is 16.5. The summed E-state index contributed by atoms with van der Waals surface area (Å²) in [4.78, 5) is 15.8. The van der Waals surface area contributed by atoms with Gasteiger partial charge >= 0.3 is 5.97 Å². The molecule has 4 heteroatoms. The van der Waals surface area contributed by atoms with E-state index in [1.807, 2.05) is 38.1 Å². The Hall–Kier alpha value is -1.94. The van der Waals surface area contributed by atoms with Crippen LogP contribution in [0.4, 0.5) is 0 Å². The van der Waals surface area contributed by atoms with Gasteiger partial charge in [-0.3, -0.25) is 9.78 Å². The molecule has 1 aromatic carbocycles. The largest absolute Gasteiger partial charge is 0.466 e. The van der Waals surface area contributed by atoms with Crippen LogP contribution in [0, 0.1) is 0 Å². The van der Waals surface area contributed by atoms with Crippen molar-refractivity contribution < 1.29 is 9.53 Å². The number of esters is 1. The predicted molar refractivity (Wildman–Crippen MR) is 79.3 cm³/mol. The van der Waals surface area contributed by atoms with Gasteiger partial charge in [0.2, 0.25) is 0 Å². The number of hydrogen-bond donors (Lipinski definition) is 1. The highest BCUT2D eigenvalue weighted by Gasteiger charge is 2.10. The van der Waals surface area contributed by atoms with Gasteiger partial charge in [-0.05, 0) is 25.5 Å². The van der Waals surface area contributed by atoms with E-state index in [0.717, 1.165) is 16.5 Å². The first-order valence-electron chi connectivity index (χ1n) is 6.92. The molecule has 1 unspecified atom stereocenters. The third-order valence-electron chi connectivity index (χ3n) is 3.14. The van der Waals surface area contributed by atoms with E-state index in [-0.39, 0.29) is 12.0 Å². The second-order valence-electron chi connectivity index (χ2n) is 4.78. The summed E-state index contributed by atoms with van der Waals surface area (Å²) < 4.78 is 4.94. The van der Waals surface area contributed by atoms with Crippen molar-refractivity contribution in [2.24, 2.45) is 0 Å². The summed E-state index contributed by atoms with van der Waals surface area (Å²) in [5, 5.41) is 4.47. The van der Waals surface area contributed by atoms with Crippen LogP contribution >= 0.6 is 0 Å². The van der Waals surface area contributed by atoms with Crippen LogP contribution < -0.4 is 5.32 Å². The summed E-state index contributed by atoms with van der Waals surface area (Å²) in [6.07, 6.45) is 2.18. The Kier molecular flexibility index (Phi) is 5.07. The summed E-state index contributed by atoms with van der Waals surface area (Å²) >= 11 is 0. The van der Waals surface area contributed by atoms with E-state index in [9.17, 15) is 4.79 Å². The minimum atomic E-state index is -0.163. The van der Waals surface area contributed by atoms with Gasteiger partial charge in [0.25, 0.3) is 0 Å². The van der Waals surface area contributed by atoms with Gasteiger partial charge in [-0.1, -0.05) is 24.3 Å². The molecule has 0 amide bonds. The number of hydrogen-bond acceptors (Lipinski definition) is 4. The molecule has 1 atom stereocenters. The topological polar surface area (TPSA) is 51.2 Å². The van der Waals surface area contributed by atoms with Crippen molar-refractivity contribution in [2.75, 3.05) is 6.61 Å². The van der Waals surface area contributed by atoms with E-state index in [2.05, 4.69) is 16.4 Å². The van der Waals surface area contributed by atoms with Crippen molar-refractivity contribution in [3.05, 3.63) is 42.1 Å². The Morgan fingerprint density at radius 1 is 1.35 bits per heavy atom. The molecule has 1 N–H and O–H groups in total. The second kappa shape index (κ2) is 7.01. The van der Waals surface area contributed by atoms with E-state index in [1.165, 1.54) is 0 Å². The van der Waals surface area contributed by atoms with Crippen LogP contribution in [0.3, 0.4) is 0 Å². The lowest BCUT2D eigenvalue weighted by molar-refractivity contribution is -0.143. The van der Waals surface area contributed by atoms with Gasteiger partial charge in [0.05, 0.1) is 18.5 Å². The van der Waals surface area contributed by atoms with Crippen LogP contribution in [0.5, 0.6) is 0 Å². The molecule has 0 aliphatic heterocycles. The van der Waals surface area contributed by atoms with Crippen LogP contribution in [-0.4, -0.2) is 23.6 Å². The molecule has 2 rings (SSSR count). The summed E-state index contributed by atoms with van der Waals surface area (Å²) in [6, 6.07) is 10.2. The van der Waals surface area contributed by atoms with Crippen LogP contribution in [0.25, 0.3) is 10.9 Å². The number of ether oxygens (including phenoxy) is 1. The van der Waals surface area contributed by atoms with Gasteiger partial charge in [0, 0.05) is 24.2 Å². The zero-order chi connectivity index (χ0) is 14.4. The zero-order valence-electron chi connectivity index (χ0n) is 11.9. The molecule has 4 nitrogen and oxygen atoms in total. The molecular formula is C16H20N2O2. The minimum absolute atomic E-state index is 0.0769. The van der Waals surface area contributed by atoms with Crippen molar-refractivity contribution in [1.29, 1.82) is 0 Å². The van der Waals surface area contributed by atoms with Gasteiger partial charge in [0.1, 0.15) is 0 Å². The van der Waals surface area contributed by atoms with Gasteiger partial charge in [-0.25, -0.2) is 0 Å². The van der Waals surface area contributed by atoms with Crippen LogP contribution in [0.2, 0.25) is 0 Å². The molecule has 106 valence electrons.